The van der Waals surface area contributed by atoms with Crippen molar-refractivity contribution in [1.82, 2.24) is 0 Å². The summed E-state index contributed by atoms with van der Waals surface area (Å²) >= 11 is 0. The summed E-state index contributed by atoms with van der Waals surface area (Å²) in [6, 6.07) is 14.7. The molecule has 8 heteroatoms. The first-order valence-corrected chi connectivity index (χ1v) is 10.9. The number of benzene rings is 3. The summed E-state index contributed by atoms with van der Waals surface area (Å²) in [5.41, 5.74) is 0.200. The van der Waals surface area contributed by atoms with Gasteiger partial charge in [0.25, 0.3) is 11.4 Å². The van der Waals surface area contributed by atoms with E-state index in [2.05, 4.69) is 12.2 Å². The van der Waals surface area contributed by atoms with Gasteiger partial charge in [0, 0.05) is 11.1 Å². The number of hydrogen-bond donors (Lipinski definition) is 1. The van der Waals surface area contributed by atoms with Gasteiger partial charge in [0.05, 0.1) is 27.9 Å². The topological polar surface area (TPSA) is 108 Å². The van der Waals surface area contributed by atoms with Crippen LogP contribution < -0.4 is 10.1 Å². The van der Waals surface area contributed by atoms with Crippen LogP contribution in [-0.2, 0) is 0 Å². The van der Waals surface area contributed by atoms with Crippen molar-refractivity contribution in [2.24, 2.45) is 0 Å². The van der Waals surface area contributed by atoms with Crippen molar-refractivity contribution < 1.29 is 14.6 Å². The molecule has 168 valence electrons. The maximum absolute atomic E-state index is 11.6. The summed E-state index contributed by atoms with van der Waals surface area (Å²) < 4.78 is 5.78. The minimum absolute atomic E-state index is 0.219. The third kappa shape index (κ3) is 5.72. The Morgan fingerprint density at radius 1 is 0.812 bits per heavy atom. The zero-order chi connectivity index (χ0) is 22.9. The fraction of sp³-hybridized carbons (Fsp3) is 0.333. The molecule has 3 rings (SSSR count). The number of unbranched alkanes of at least 4 members (excludes halogenated alkanes) is 5. The van der Waals surface area contributed by atoms with Crippen LogP contribution in [0.3, 0.4) is 0 Å². The van der Waals surface area contributed by atoms with E-state index in [-0.39, 0.29) is 17.1 Å². The van der Waals surface area contributed by atoms with Gasteiger partial charge in [-0.15, -0.1) is 0 Å². The Labute approximate surface area is 186 Å². The minimum atomic E-state index is -0.611. The highest BCUT2D eigenvalue weighted by molar-refractivity contribution is 6.04. The molecule has 0 aliphatic rings. The van der Waals surface area contributed by atoms with E-state index in [9.17, 15) is 20.2 Å². The molecule has 0 bridgehead atoms. The van der Waals surface area contributed by atoms with Crippen LogP contribution in [0.2, 0.25) is 0 Å². The van der Waals surface area contributed by atoms with Crippen molar-refractivity contribution in [1.29, 1.82) is 0 Å². The standard InChI is InChI=1S/C24H27N3O5/c1-2-3-4-5-6-9-16-32-19-14-12-18(13-15-19)25-24-21-11-8-7-10-20(21)22(26(28)29)17-23(24)27(30)31/h7-8,10-15,17,25H,2-6,9,16H2,1H3. The number of hydrogen-bond acceptors (Lipinski definition) is 6. The van der Waals surface area contributed by atoms with Gasteiger partial charge in [0.1, 0.15) is 11.4 Å². The lowest BCUT2D eigenvalue weighted by atomic mass is 10.0. The molecule has 0 spiro atoms. The van der Waals surface area contributed by atoms with Gasteiger partial charge in [-0.1, -0.05) is 57.2 Å². The molecule has 0 saturated carbocycles. The lowest BCUT2D eigenvalue weighted by molar-refractivity contribution is -0.392. The molecule has 0 fully saturated rings. The van der Waals surface area contributed by atoms with Crippen LogP contribution in [-0.4, -0.2) is 16.5 Å². The highest BCUT2D eigenvalue weighted by Gasteiger charge is 2.25. The van der Waals surface area contributed by atoms with Gasteiger partial charge in [-0.05, 0) is 36.8 Å². The Bertz CT molecular complexity index is 1080. The van der Waals surface area contributed by atoms with E-state index in [1.165, 1.54) is 25.7 Å². The van der Waals surface area contributed by atoms with Crippen molar-refractivity contribution in [3.63, 3.8) is 0 Å². The highest BCUT2D eigenvalue weighted by atomic mass is 16.6. The minimum Gasteiger partial charge on any atom is -0.494 e. The summed E-state index contributed by atoms with van der Waals surface area (Å²) in [4.78, 5) is 21.8. The maximum atomic E-state index is 11.6. The van der Waals surface area contributed by atoms with E-state index in [4.69, 9.17) is 4.74 Å². The zero-order valence-electron chi connectivity index (χ0n) is 18.1. The van der Waals surface area contributed by atoms with Gasteiger partial charge in [-0.2, -0.15) is 0 Å². The van der Waals surface area contributed by atoms with Crippen LogP contribution >= 0.6 is 0 Å². The van der Waals surface area contributed by atoms with E-state index in [0.29, 0.717) is 23.1 Å². The molecule has 0 atom stereocenters. The molecule has 32 heavy (non-hydrogen) atoms. The highest BCUT2D eigenvalue weighted by Crippen LogP contribution is 2.40. The van der Waals surface area contributed by atoms with Crippen molar-refractivity contribution >= 4 is 33.5 Å². The Balaban J connectivity index is 1.74. The van der Waals surface area contributed by atoms with Gasteiger partial charge in [-0.25, -0.2) is 0 Å². The van der Waals surface area contributed by atoms with Crippen LogP contribution in [0.5, 0.6) is 5.75 Å². The van der Waals surface area contributed by atoms with Crippen LogP contribution in [0, 0.1) is 20.2 Å². The number of nitro groups is 2. The SMILES string of the molecule is CCCCCCCCOc1ccc(Nc2c([N+](=O)[O-])cc([N+](=O)[O-])c3ccccc23)cc1. The van der Waals surface area contributed by atoms with Crippen LogP contribution in [0.25, 0.3) is 10.8 Å². The molecule has 0 radical (unpaired) electrons. The predicted octanol–water partition coefficient (Wildman–Crippen LogP) is 7.14. The van der Waals surface area contributed by atoms with Crippen molar-refractivity contribution in [3.8, 4) is 5.75 Å². The molecule has 0 amide bonds. The van der Waals surface area contributed by atoms with E-state index in [1.807, 2.05) is 0 Å². The molecule has 0 heterocycles. The fourth-order valence-electron chi connectivity index (χ4n) is 3.62. The van der Waals surface area contributed by atoms with Crippen molar-refractivity contribution in [3.05, 3.63) is 74.8 Å². The van der Waals surface area contributed by atoms with Gasteiger partial charge >= 0.3 is 0 Å². The van der Waals surface area contributed by atoms with Crippen LogP contribution in [0.4, 0.5) is 22.7 Å². The lowest BCUT2D eigenvalue weighted by Gasteiger charge is -2.12. The van der Waals surface area contributed by atoms with Crippen LogP contribution in [0.1, 0.15) is 45.4 Å². The van der Waals surface area contributed by atoms with Crippen LogP contribution in [0.15, 0.2) is 54.6 Å². The maximum Gasteiger partial charge on any atom is 0.300 e. The summed E-state index contributed by atoms with van der Waals surface area (Å²) in [7, 11) is 0. The number of nitro benzene ring substituents is 2. The fourth-order valence-corrected chi connectivity index (χ4v) is 3.62. The molecule has 0 saturated heterocycles. The molecular formula is C24H27N3O5. The van der Waals surface area contributed by atoms with Crippen molar-refractivity contribution in [2.75, 3.05) is 11.9 Å². The first kappa shape index (κ1) is 23.0. The molecule has 0 aliphatic heterocycles. The summed E-state index contributed by atoms with van der Waals surface area (Å²) in [6.07, 6.45) is 7.15. The average Bonchev–Trinajstić information content (AvgIpc) is 2.79. The van der Waals surface area contributed by atoms with Crippen molar-refractivity contribution in [2.45, 2.75) is 45.4 Å². The number of ether oxygens (including phenoxy) is 1. The van der Waals surface area contributed by atoms with Gasteiger partial charge in [-0.3, -0.25) is 20.2 Å². The third-order valence-electron chi connectivity index (χ3n) is 5.29. The number of nitrogens with one attached hydrogen (secondary N) is 1. The molecular weight excluding hydrogens is 410 g/mol. The normalized spacial score (nSPS) is 10.8. The number of fused-ring (bicyclic) bond motifs is 1. The number of rotatable bonds is 12. The second kappa shape index (κ2) is 11.1. The van der Waals surface area contributed by atoms with E-state index >= 15 is 0 Å². The molecule has 8 nitrogen and oxygen atoms in total. The molecule has 1 N–H and O–H groups in total. The Hall–Kier alpha value is -3.68. The number of non-ortho nitro benzene ring substituents is 1. The van der Waals surface area contributed by atoms with E-state index in [0.717, 1.165) is 24.7 Å². The summed E-state index contributed by atoms with van der Waals surface area (Å²) in [5.74, 6) is 0.729. The van der Waals surface area contributed by atoms with E-state index in [1.54, 1.807) is 48.5 Å². The quantitative estimate of drug-likeness (QED) is 0.183. The number of nitrogens with zero attached hydrogens (tertiary/aromatic N) is 2. The van der Waals surface area contributed by atoms with Gasteiger partial charge < -0.3 is 10.1 Å². The average molecular weight is 437 g/mol. The Morgan fingerprint density at radius 3 is 2.09 bits per heavy atom. The third-order valence-corrected chi connectivity index (χ3v) is 5.29. The Kier molecular flexibility index (Phi) is 7.96. The number of anilines is 2. The summed E-state index contributed by atoms with van der Waals surface area (Å²) in [5, 5.41) is 26.9. The smallest absolute Gasteiger partial charge is 0.300 e. The molecule has 3 aromatic carbocycles. The summed E-state index contributed by atoms with van der Waals surface area (Å²) in [6.45, 7) is 2.85. The van der Waals surface area contributed by atoms with E-state index < -0.39 is 9.85 Å². The molecule has 0 aliphatic carbocycles. The predicted molar refractivity (Wildman–Crippen MR) is 126 cm³/mol. The van der Waals surface area contributed by atoms with Gasteiger partial charge in [0.15, 0.2) is 0 Å². The second-order valence-electron chi connectivity index (χ2n) is 7.62. The largest absolute Gasteiger partial charge is 0.494 e. The first-order valence-electron chi connectivity index (χ1n) is 10.9. The monoisotopic (exact) mass is 437 g/mol. The molecule has 0 aromatic heterocycles. The zero-order valence-corrected chi connectivity index (χ0v) is 18.1. The Morgan fingerprint density at radius 2 is 1.44 bits per heavy atom. The molecule has 3 aromatic rings. The lowest BCUT2D eigenvalue weighted by Crippen LogP contribution is -2.01. The second-order valence-corrected chi connectivity index (χ2v) is 7.62. The molecule has 0 unspecified atom stereocenters. The van der Waals surface area contributed by atoms with Gasteiger partial charge in [0.2, 0.25) is 0 Å². The first-order chi connectivity index (χ1) is 15.5.